The summed E-state index contributed by atoms with van der Waals surface area (Å²) in [6, 6.07) is 45.0. The van der Waals surface area contributed by atoms with Crippen molar-refractivity contribution in [3.63, 3.8) is 0 Å². The Morgan fingerprint density at radius 1 is 0.228 bits per heavy atom. The fraction of sp³-hybridized carbons (Fsp3) is 0.100. The summed E-state index contributed by atoms with van der Waals surface area (Å²) in [5.74, 6) is 8.00. The van der Waals surface area contributed by atoms with Gasteiger partial charge in [0.25, 0.3) is 0 Å². The Kier molecular flexibility index (Phi) is 33.1. The molecule has 2 aliphatic heterocycles. The fourth-order valence-corrected chi connectivity index (χ4v) is 12.3. The van der Waals surface area contributed by atoms with Crippen LogP contribution in [0.1, 0.15) is 0 Å². The monoisotopic (exact) mass is 2480 g/mol. The van der Waals surface area contributed by atoms with Crippen LogP contribution in [0.2, 0.25) is 0 Å². The standard InChI is InChI=1S/C80H64N16O8.Ga.8HI.H2O/c1-89-25-9-17-49(41-89)97-65-33-57-58(34-66(65)98-50-18-10-26-90(2)42-50)74-81-73(57)85-75-59-35-67(99-51-19-11-27-91(3)43-51)68(100-52-20-12-28-92(4)44-52)36-60(59)77(82-75)87-79-63-39-71(103-55-23-15-31-95(7)47-55)72(104-56-24-16-32-96(8)48-56)40-64(63)80(84-79)88-78-62-38-70(102-54-22-14-30-94(6)46-54)69(37-61(62)76(83-78)86-74)101-53-21-13-29-93(5)45-53;;;;;;;;;;/h9-48H,1-8H3;;8*1H;1H2/q+6;;;;;;;;;;/p-8. The van der Waals surface area contributed by atoms with Gasteiger partial charge in [0.2, 0.25) is 49.6 Å². The van der Waals surface area contributed by atoms with Crippen molar-refractivity contribution < 1.29 is 272 Å². The number of halogens is 8. The van der Waals surface area contributed by atoms with Gasteiger partial charge in [-0.2, -0.15) is 0 Å². The number of rotatable bonds is 16. The van der Waals surface area contributed by atoms with Gasteiger partial charge in [-0.05, 0) is 119 Å². The molecule has 17 rings (SSSR count). The number of ether oxygens (including phenoxy) is 8. The quantitative estimate of drug-likeness (QED) is 0.0496. The maximum Gasteiger partial charge on any atom is 0.211 e. The summed E-state index contributed by atoms with van der Waals surface area (Å²) in [5, 5.41) is 2.10. The van der Waals surface area contributed by atoms with Gasteiger partial charge < -0.3 is 265 Å². The predicted octanol–water partition coefficient (Wildman–Crippen LogP) is -14.1. The molecule has 4 aromatic carbocycles. The van der Waals surface area contributed by atoms with Gasteiger partial charge in [-0.25, -0.2) is 46.5 Å². The molecule has 3 radical (unpaired) electrons. The molecule has 0 spiro atoms. The average molecular weight is 2480 g/mol. The zero-order chi connectivity index (χ0) is 70.7. The van der Waals surface area contributed by atoms with Crippen molar-refractivity contribution >= 4 is 63.9 Å². The average Bonchev–Trinajstić information content (AvgIpc) is 1.59. The number of fused-ring (bicyclic) bond motifs is 20. The first kappa shape index (κ1) is 93.4. The molecular weight excluding hydrogens is 2410 g/mol. The minimum absolute atomic E-state index is 0. The number of hydrogen-bond donors (Lipinski definition) is 0. The molecule has 13 heterocycles. The minimum atomic E-state index is 0. The van der Waals surface area contributed by atoms with Gasteiger partial charge in [-0.3, -0.25) is 0 Å². The Labute approximate surface area is 804 Å². The molecule has 0 unspecified atom stereocenters. The maximum atomic E-state index is 6.84. The van der Waals surface area contributed by atoms with Crippen LogP contribution in [0, 0.1) is 0 Å². The third kappa shape index (κ3) is 20.6. The molecule has 0 saturated carbocycles. The second-order valence-corrected chi connectivity index (χ2v) is 25.3. The molecule has 0 saturated heterocycles. The second kappa shape index (κ2) is 40.4. The van der Waals surface area contributed by atoms with E-state index in [0.717, 1.165) is 0 Å². The van der Waals surface area contributed by atoms with Crippen molar-refractivity contribution in [2.45, 2.75) is 0 Å². The Balaban J connectivity index is 0.00000180. The van der Waals surface area contributed by atoms with Gasteiger partial charge in [0.15, 0.2) is 142 Å². The SMILES string of the molecule is C[n+]1cccc(Oc2cc3c(cc2Oc2ccc[n+](C)c2)-c2nc-3nc3[n-]c(nc4nc(nc5[n-]c(n2)c2cc(Oc6ccc[n+](C)c6)c(Oc6ccc[n+](C)c6)cc52)-c2cc(Oc5ccc[n+](C)c5)c(Oc5ccc[n+](C)c5)cc2-4)c2cc(Oc4ccc[n+](C)c4)c(Oc4ccc[n+](C)c4)cc32)c1.O.[Ga].[I-].[I-].[I-].[I-].[I-].[I-].[I-].[I-]. The largest absolute Gasteiger partial charge is 1.00 e. The number of aryl methyl sites for hydroxylation is 8. The van der Waals surface area contributed by atoms with Gasteiger partial charge >= 0.3 is 0 Å². The molecule has 2 N–H and O–H groups in total. The molecule has 11 aromatic heterocycles. The van der Waals surface area contributed by atoms with E-state index in [2.05, 4.69) is 0 Å². The summed E-state index contributed by atoms with van der Waals surface area (Å²) in [6.07, 6.45) is 30.4. The molecule has 8 bridgehead atoms. The van der Waals surface area contributed by atoms with Crippen LogP contribution >= 0.6 is 0 Å². The molecule has 0 fully saturated rings. The van der Waals surface area contributed by atoms with Crippen LogP contribution in [0.15, 0.2) is 245 Å². The molecule has 581 valence electrons. The molecular formula is C80H66GaI8N16O9-2. The van der Waals surface area contributed by atoms with E-state index >= 15 is 0 Å². The Morgan fingerprint density at radius 3 is 0.526 bits per heavy atom. The van der Waals surface area contributed by atoms with Crippen molar-refractivity contribution in [1.82, 2.24) is 39.9 Å². The van der Waals surface area contributed by atoms with E-state index in [9.17, 15) is 0 Å². The summed E-state index contributed by atoms with van der Waals surface area (Å²) in [4.78, 5) is 43.5. The molecule has 0 aliphatic carbocycles. The second-order valence-electron chi connectivity index (χ2n) is 25.3. The summed E-state index contributed by atoms with van der Waals surface area (Å²) in [5.41, 5.74) is 2.97. The summed E-state index contributed by atoms with van der Waals surface area (Å²) in [6.45, 7) is 0. The van der Waals surface area contributed by atoms with E-state index < -0.39 is 0 Å². The van der Waals surface area contributed by atoms with Gasteiger partial charge in [0.1, 0.15) is 56.4 Å². The summed E-state index contributed by atoms with van der Waals surface area (Å²) < 4.78 is 70.0. The van der Waals surface area contributed by atoms with Crippen molar-refractivity contribution in [2.24, 2.45) is 56.4 Å². The van der Waals surface area contributed by atoms with Crippen molar-refractivity contribution in [3.8, 4) is 138 Å². The number of pyridine rings is 8. The molecule has 34 heteroatoms. The third-order valence-electron chi connectivity index (χ3n) is 17.1. The van der Waals surface area contributed by atoms with Gasteiger partial charge in [0, 0.05) is 113 Å². The summed E-state index contributed by atoms with van der Waals surface area (Å²) >= 11 is 0. The van der Waals surface area contributed by atoms with E-state index in [1.807, 2.05) is 338 Å². The van der Waals surface area contributed by atoms with Crippen LogP contribution < -0.4 is 276 Å². The van der Waals surface area contributed by atoms with Crippen LogP contribution in [0.5, 0.6) is 92.0 Å². The molecule has 25 nitrogen and oxygen atoms in total. The zero-order valence-corrected chi connectivity index (χ0v) is 81.3. The van der Waals surface area contributed by atoms with Gasteiger partial charge in [-0.15, -0.1) is 0 Å². The number of nitrogens with zero attached hydrogens (tertiary/aromatic N) is 16. The zero-order valence-electron chi connectivity index (χ0n) is 61.6. The van der Waals surface area contributed by atoms with E-state index in [-0.39, 0.29) is 263 Å². The normalized spacial score (nSPS) is 10.5. The van der Waals surface area contributed by atoms with E-state index in [1.54, 1.807) is 0 Å². The first-order valence-corrected chi connectivity index (χ1v) is 33.1. The maximum absolute atomic E-state index is 6.84. The van der Waals surface area contributed by atoms with Crippen molar-refractivity contribution in [1.29, 1.82) is 0 Å². The molecule has 0 atom stereocenters. The minimum Gasteiger partial charge on any atom is -1.00 e. The Bertz CT molecular complexity index is 5510. The van der Waals surface area contributed by atoms with E-state index in [1.165, 1.54) is 0 Å². The number of hydrogen-bond acceptors (Lipinski definition) is 14. The fourth-order valence-electron chi connectivity index (χ4n) is 12.3. The van der Waals surface area contributed by atoms with Gasteiger partial charge in [-0.1, -0.05) is 0 Å². The molecule has 15 aromatic rings. The predicted molar refractivity (Wildman–Crippen MR) is 385 cm³/mol. The molecule has 0 amide bonds. The van der Waals surface area contributed by atoms with Crippen molar-refractivity contribution in [2.75, 3.05) is 0 Å². The first-order chi connectivity index (χ1) is 50.6. The smallest absolute Gasteiger partial charge is 0.211 e. The Hall–Kier alpha value is -7.72. The number of aromatic nitrogens is 16. The molecule has 2 aliphatic rings. The van der Waals surface area contributed by atoms with Gasteiger partial charge in [0.05, 0.1) is 23.3 Å². The van der Waals surface area contributed by atoms with Crippen LogP contribution in [-0.2, 0) is 56.4 Å². The molecule has 114 heavy (non-hydrogen) atoms. The van der Waals surface area contributed by atoms with Crippen molar-refractivity contribution in [3.05, 3.63) is 245 Å². The van der Waals surface area contributed by atoms with E-state index in [4.69, 9.17) is 77.8 Å². The summed E-state index contributed by atoms with van der Waals surface area (Å²) in [7, 11) is 15.4. The Morgan fingerprint density at radius 2 is 0.377 bits per heavy atom. The van der Waals surface area contributed by atoms with Crippen LogP contribution in [0.25, 0.3) is 89.7 Å². The van der Waals surface area contributed by atoms with Crippen LogP contribution in [0.4, 0.5) is 0 Å². The first-order valence-electron chi connectivity index (χ1n) is 33.1. The topological polar surface area (TPSA) is 242 Å². The van der Waals surface area contributed by atoms with E-state index in [0.29, 0.717) is 136 Å². The van der Waals surface area contributed by atoms with Crippen LogP contribution in [-0.4, -0.2) is 55.2 Å². The number of benzene rings is 4. The third-order valence-corrected chi connectivity index (χ3v) is 17.1. The van der Waals surface area contributed by atoms with Crippen LogP contribution in [0.3, 0.4) is 0 Å².